The SMILES string of the molecule is CC(C)C(=O)N1CCCC1C(=O)NCC1(O)CCCC1. The van der Waals surface area contributed by atoms with Crippen LogP contribution in [-0.4, -0.2) is 46.6 Å². The third kappa shape index (κ3) is 3.32. The zero-order valence-electron chi connectivity index (χ0n) is 12.5. The van der Waals surface area contributed by atoms with Crippen molar-refractivity contribution in [2.45, 2.75) is 64.0 Å². The van der Waals surface area contributed by atoms with Crippen LogP contribution in [0.2, 0.25) is 0 Å². The minimum Gasteiger partial charge on any atom is -0.388 e. The second-order valence-corrected chi connectivity index (χ2v) is 6.49. The molecule has 1 saturated carbocycles. The first-order valence-corrected chi connectivity index (χ1v) is 7.73. The molecule has 0 radical (unpaired) electrons. The van der Waals surface area contributed by atoms with E-state index < -0.39 is 5.60 Å². The van der Waals surface area contributed by atoms with E-state index in [4.69, 9.17) is 0 Å². The van der Waals surface area contributed by atoms with Crippen molar-refractivity contribution in [3.8, 4) is 0 Å². The Labute approximate surface area is 120 Å². The molecule has 0 aromatic heterocycles. The van der Waals surface area contributed by atoms with Crippen LogP contribution in [0.1, 0.15) is 52.4 Å². The highest BCUT2D eigenvalue weighted by molar-refractivity contribution is 5.88. The fourth-order valence-electron chi connectivity index (χ4n) is 3.21. The third-order valence-electron chi connectivity index (χ3n) is 4.46. The van der Waals surface area contributed by atoms with Gasteiger partial charge < -0.3 is 15.3 Å². The molecule has 2 aliphatic rings. The van der Waals surface area contributed by atoms with Crippen molar-refractivity contribution in [3.05, 3.63) is 0 Å². The van der Waals surface area contributed by atoms with Gasteiger partial charge in [0.05, 0.1) is 5.60 Å². The number of rotatable bonds is 4. The van der Waals surface area contributed by atoms with Gasteiger partial charge in [-0.05, 0) is 25.7 Å². The second-order valence-electron chi connectivity index (χ2n) is 6.49. The predicted octanol–water partition coefficient (Wildman–Crippen LogP) is 1.05. The Morgan fingerprint density at radius 3 is 2.55 bits per heavy atom. The number of aliphatic hydroxyl groups is 1. The molecule has 0 spiro atoms. The molecule has 1 unspecified atom stereocenters. The number of carbonyl (C=O) groups excluding carboxylic acids is 2. The van der Waals surface area contributed by atoms with E-state index in [2.05, 4.69) is 5.32 Å². The molecule has 5 heteroatoms. The first kappa shape index (κ1) is 15.3. The lowest BCUT2D eigenvalue weighted by atomic mass is 10.0. The fraction of sp³-hybridized carbons (Fsp3) is 0.867. The van der Waals surface area contributed by atoms with Gasteiger partial charge in [0, 0.05) is 19.0 Å². The Hall–Kier alpha value is -1.10. The van der Waals surface area contributed by atoms with E-state index in [1.165, 1.54) is 0 Å². The number of nitrogens with zero attached hydrogens (tertiary/aromatic N) is 1. The molecule has 0 aromatic rings. The predicted molar refractivity (Wildman–Crippen MR) is 76.0 cm³/mol. The lowest BCUT2D eigenvalue weighted by Crippen LogP contribution is -2.50. The molecule has 1 heterocycles. The summed E-state index contributed by atoms with van der Waals surface area (Å²) in [5.74, 6) is -0.151. The van der Waals surface area contributed by atoms with E-state index in [0.29, 0.717) is 13.1 Å². The molecule has 1 atom stereocenters. The fourth-order valence-corrected chi connectivity index (χ4v) is 3.21. The minimum atomic E-state index is -0.735. The summed E-state index contributed by atoms with van der Waals surface area (Å²) in [7, 11) is 0. The van der Waals surface area contributed by atoms with Crippen molar-refractivity contribution in [2.75, 3.05) is 13.1 Å². The Bertz CT molecular complexity index is 375. The maximum Gasteiger partial charge on any atom is 0.242 e. The standard InChI is InChI=1S/C15H26N2O3/c1-11(2)14(19)17-9-5-6-12(17)13(18)16-10-15(20)7-3-4-8-15/h11-12,20H,3-10H2,1-2H3,(H,16,18). The van der Waals surface area contributed by atoms with E-state index in [1.807, 2.05) is 13.8 Å². The van der Waals surface area contributed by atoms with E-state index in [-0.39, 0.29) is 23.8 Å². The highest BCUT2D eigenvalue weighted by atomic mass is 16.3. The number of likely N-dealkylation sites (tertiary alicyclic amines) is 1. The maximum atomic E-state index is 12.3. The maximum absolute atomic E-state index is 12.3. The second kappa shape index (κ2) is 6.12. The minimum absolute atomic E-state index is 0.0437. The van der Waals surface area contributed by atoms with E-state index >= 15 is 0 Å². The van der Waals surface area contributed by atoms with Crippen molar-refractivity contribution >= 4 is 11.8 Å². The Morgan fingerprint density at radius 1 is 1.30 bits per heavy atom. The van der Waals surface area contributed by atoms with Crippen LogP contribution < -0.4 is 5.32 Å². The lowest BCUT2D eigenvalue weighted by Gasteiger charge is -2.28. The Balaban J connectivity index is 1.89. The van der Waals surface area contributed by atoms with Crippen LogP contribution in [0.5, 0.6) is 0 Å². The van der Waals surface area contributed by atoms with Gasteiger partial charge in [-0.25, -0.2) is 0 Å². The number of hydrogen-bond acceptors (Lipinski definition) is 3. The van der Waals surface area contributed by atoms with Crippen LogP contribution >= 0.6 is 0 Å². The Morgan fingerprint density at radius 2 is 1.95 bits per heavy atom. The summed E-state index contributed by atoms with van der Waals surface area (Å²) in [6, 6.07) is -0.352. The van der Waals surface area contributed by atoms with E-state index in [1.54, 1.807) is 4.90 Å². The zero-order chi connectivity index (χ0) is 14.8. The van der Waals surface area contributed by atoms with Crippen LogP contribution in [0.3, 0.4) is 0 Å². The molecule has 1 aliphatic carbocycles. The van der Waals surface area contributed by atoms with Gasteiger partial charge in [0.2, 0.25) is 11.8 Å². The quantitative estimate of drug-likeness (QED) is 0.810. The molecule has 114 valence electrons. The smallest absolute Gasteiger partial charge is 0.242 e. The van der Waals surface area contributed by atoms with Crippen molar-refractivity contribution in [1.29, 1.82) is 0 Å². The molecule has 2 fully saturated rings. The van der Waals surface area contributed by atoms with Gasteiger partial charge >= 0.3 is 0 Å². The van der Waals surface area contributed by atoms with Gasteiger partial charge in [-0.1, -0.05) is 26.7 Å². The monoisotopic (exact) mass is 282 g/mol. The highest BCUT2D eigenvalue weighted by Gasteiger charge is 2.37. The molecular weight excluding hydrogens is 256 g/mol. The lowest BCUT2D eigenvalue weighted by molar-refractivity contribution is -0.141. The summed E-state index contributed by atoms with van der Waals surface area (Å²) >= 11 is 0. The molecule has 2 N–H and O–H groups in total. The average molecular weight is 282 g/mol. The summed E-state index contributed by atoms with van der Waals surface area (Å²) < 4.78 is 0. The molecular formula is C15H26N2O3. The van der Waals surface area contributed by atoms with Gasteiger partial charge in [-0.3, -0.25) is 9.59 Å². The molecule has 2 rings (SSSR count). The summed E-state index contributed by atoms with van der Waals surface area (Å²) in [6.45, 7) is 4.69. The molecule has 1 saturated heterocycles. The van der Waals surface area contributed by atoms with Crippen LogP contribution in [-0.2, 0) is 9.59 Å². The molecule has 0 bridgehead atoms. The molecule has 5 nitrogen and oxygen atoms in total. The van der Waals surface area contributed by atoms with Crippen LogP contribution in [0, 0.1) is 5.92 Å². The number of carbonyl (C=O) groups is 2. The molecule has 1 aliphatic heterocycles. The largest absolute Gasteiger partial charge is 0.388 e. The summed E-state index contributed by atoms with van der Waals surface area (Å²) in [5, 5.41) is 13.1. The summed E-state index contributed by atoms with van der Waals surface area (Å²) in [6.07, 6.45) is 5.16. The number of hydrogen-bond donors (Lipinski definition) is 2. The van der Waals surface area contributed by atoms with Crippen LogP contribution in [0.25, 0.3) is 0 Å². The van der Waals surface area contributed by atoms with E-state index in [9.17, 15) is 14.7 Å². The molecule has 20 heavy (non-hydrogen) atoms. The normalized spacial score (nSPS) is 25.2. The topological polar surface area (TPSA) is 69.6 Å². The summed E-state index contributed by atoms with van der Waals surface area (Å²) in [5.41, 5.74) is -0.735. The van der Waals surface area contributed by atoms with Crippen molar-refractivity contribution in [2.24, 2.45) is 5.92 Å². The van der Waals surface area contributed by atoms with Gasteiger partial charge in [-0.2, -0.15) is 0 Å². The average Bonchev–Trinajstić information content (AvgIpc) is 3.04. The van der Waals surface area contributed by atoms with Crippen molar-refractivity contribution in [3.63, 3.8) is 0 Å². The first-order chi connectivity index (χ1) is 9.43. The van der Waals surface area contributed by atoms with Crippen LogP contribution in [0.4, 0.5) is 0 Å². The Kier molecular flexibility index (Phi) is 4.68. The van der Waals surface area contributed by atoms with Crippen molar-refractivity contribution < 1.29 is 14.7 Å². The number of amides is 2. The number of nitrogens with one attached hydrogen (secondary N) is 1. The highest BCUT2D eigenvalue weighted by Crippen LogP contribution is 2.29. The zero-order valence-corrected chi connectivity index (χ0v) is 12.5. The summed E-state index contributed by atoms with van der Waals surface area (Å²) in [4.78, 5) is 26.0. The van der Waals surface area contributed by atoms with Gasteiger partial charge in [0.15, 0.2) is 0 Å². The van der Waals surface area contributed by atoms with Gasteiger partial charge in [0.1, 0.15) is 6.04 Å². The first-order valence-electron chi connectivity index (χ1n) is 7.73. The molecule has 0 aromatic carbocycles. The van der Waals surface area contributed by atoms with Gasteiger partial charge in [-0.15, -0.1) is 0 Å². The van der Waals surface area contributed by atoms with Crippen LogP contribution in [0.15, 0.2) is 0 Å². The van der Waals surface area contributed by atoms with Crippen molar-refractivity contribution in [1.82, 2.24) is 10.2 Å². The third-order valence-corrected chi connectivity index (χ3v) is 4.46. The molecule has 2 amide bonds. The van der Waals surface area contributed by atoms with Gasteiger partial charge in [0.25, 0.3) is 0 Å². The van der Waals surface area contributed by atoms with E-state index in [0.717, 1.165) is 38.5 Å².